The lowest BCUT2D eigenvalue weighted by molar-refractivity contribution is -0.118. The molecule has 0 aromatic heterocycles. The summed E-state index contributed by atoms with van der Waals surface area (Å²) in [6.07, 6.45) is 2.62. The fourth-order valence-electron chi connectivity index (χ4n) is 2.56. The summed E-state index contributed by atoms with van der Waals surface area (Å²) in [4.78, 5) is 12.0. The Kier molecular flexibility index (Phi) is 4.06. The molecule has 1 amide bonds. The molecule has 1 aromatic rings. The van der Waals surface area contributed by atoms with Crippen molar-refractivity contribution in [2.24, 2.45) is 5.92 Å². The maximum atomic E-state index is 12.0. The van der Waals surface area contributed by atoms with Gasteiger partial charge in [0.1, 0.15) is 13.2 Å². The summed E-state index contributed by atoms with van der Waals surface area (Å²) in [7, 11) is 0. The van der Waals surface area contributed by atoms with Crippen LogP contribution in [0.25, 0.3) is 0 Å². The number of ether oxygens (including phenoxy) is 3. The maximum Gasteiger partial charge on any atom is 0.224 e. The highest BCUT2D eigenvalue weighted by atomic mass is 16.6. The molecule has 5 nitrogen and oxygen atoms in total. The average molecular weight is 277 g/mol. The minimum absolute atomic E-state index is 0.0252. The van der Waals surface area contributed by atoms with Crippen molar-refractivity contribution in [2.75, 3.05) is 31.7 Å². The summed E-state index contributed by atoms with van der Waals surface area (Å²) in [5.41, 5.74) is 0.746. The third-order valence-corrected chi connectivity index (χ3v) is 3.55. The molecule has 5 heteroatoms. The lowest BCUT2D eigenvalue weighted by Gasteiger charge is -2.22. The molecule has 2 aliphatic rings. The minimum Gasteiger partial charge on any atom is -0.486 e. The van der Waals surface area contributed by atoms with E-state index in [0.717, 1.165) is 30.9 Å². The molecule has 0 aliphatic carbocycles. The van der Waals surface area contributed by atoms with Crippen LogP contribution in [-0.4, -0.2) is 32.3 Å². The van der Waals surface area contributed by atoms with Gasteiger partial charge in [-0.05, 0) is 30.9 Å². The lowest BCUT2D eigenvalue weighted by Crippen LogP contribution is -2.23. The SMILES string of the molecule is O=C(CC1CCCOC1)Nc1ccc2c(c1)OCCO2. The number of carbonyl (C=O) groups excluding carboxylic acids is 1. The van der Waals surface area contributed by atoms with E-state index >= 15 is 0 Å². The largest absolute Gasteiger partial charge is 0.486 e. The van der Waals surface area contributed by atoms with Crippen LogP contribution in [0.15, 0.2) is 18.2 Å². The Balaban J connectivity index is 1.58. The monoisotopic (exact) mass is 277 g/mol. The zero-order valence-electron chi connectivity index (χ0n) is 11.4. The average Bonchev–Trinajstić information content (AvgIpc) is 2.48. The number of rotatable bonds is 3. The lowest BCUT2D eigenvalue weighted by atomic mass is 9.98. The highest BCUT2D eigenvalue weighted by molar-refractivity contribution is 5.91. The number of carbonyl (C=O) groups is 1. The number of anilines is 1. The van der Waals surface area contributed by atoms with Gasteiger partial charge in [-0.15, -0.1) is 0 Å². The summed E-state index contributed by atoms with van der Waals surface area (Å²) in [5.74, 6) is 1.78. The van der Waals surface area contributed by atoms with Gasteiger partial charge in [0.15, 0.2) is 11.5 Å². The summed E-state index contributed by atoms with van der Waals surface area (Å²) in [5, 5.41) is 2.91. The zero-order valence-corrected chi connectivity index (χ0v) is 11.4. The van der Waals surface area contributed by atoms with Crippen LogP contribution in [-0.2, 0) is 9.53 Å². The standard InChI is InChI=1S/C15H19NO4/c17-15(8-11-2-1-5-18-10-11)16-12-3-4-13-14(9-12)20-7-6-19-13/h3-4,9,11H,1-2,5-8,10H2,(H,16,17). The Bertz CT molecular complexity index is 483. The van der Waals surface area contributed by atoms with E-state index in [1.165, 1.54) is 0 Å². The smallest absolute Gasteiger partial charge is 0.224 e. The molecule has 1 fully saturated rings. The molecule has 1 N–H and O–H groups in total. The Morgan fingerprint density at radius 3 is 2.85 bits per heavy atom. The topological polar surface area (TPSA) is 56.8 Å². The van der Waals surface area contributed by atoms with Crippen molar-refractivity contribution in [2.45, 2.75) is 19.3 Å². The van der Waals surface area contributed by atoms with Crippen molar-refractivity contribution in [3.05, 3.63) is 18.2 Å². The molecule has 0 radical (unpaired) electrons. The number of hydrogen-bond acceptors (Lipinski definition) is 4. The van der Waals surface area contributed by atoms with E-state index in [1.807, 2.05) is 18.2 Å². The second-order valence-corrected chi connectivity index (χ2v) is 5.19. The molecule has 2 aliphatic heterocycles. The first-order valence-electron chi connectivity index (χ1n) is 7.08. The molecule has 20 heavy (non-hydrogen) atoms. The van der Waals surface area contributed by atoms with E-state index in [9.17, 15) is 4.79 Å². The number of fused-ring (bicyclic) bond motifs is 1. The first-order valence-corrected chi connectivity index (χ1v) is 7.08. The van der Waals surface area contributed by atoms with Crippen molar-refractivity contribution in [3.63, 3.8) is 0 Å². The third kappa shape index (κ3) is 3.22. The number of amides is 1. The van der Waals surface area contributed by atoms with Crippen LogP contribution in [0.5, 0.6) is 11.5 Å². The second-order valence-electron chi connectivity index (χ2n) is 5.19. The van der Waals surface area contributed by atoms with Crippen molar-refractivity contribution >= 4 is 11.6 Å². The molecule has 0 bridgehead atoms. The molecule has 0 saturated carbocycles. The third-order valence-electron chi connectivity index (χ3n) is 3.55. The quantitative estimate of drug-likeness (QED) is 0.920. The van der Waals surface area contributed by atoms with Crippen LogP contribution in [0, 0.1) is 5.92 Å². The van der Waals surface area contributed by atoms with Gasteiger partial charge in [-0.25, -0.2) is 0 Å². The van der Waals surface area contributed by atoms with E-state index in [2.05, 4.69) is 5.32 Å². The van der Waals surface area contributed by atoms with Crippen LogP contribution in [0.2, 0.25) is 0 Å². The Labute approximate surface area is 118 Å². The molecule has 1 atom stereocenters. The summed E-state index contributed by atoms with van der Waals surface area (Å²) >= 11 is 0. The van der Waals surface area contributed by atoms with Gasteiger partial charge in [-0.2, -0.15) is 0 Å². The van der Waals surface area contributed by atoms with E-state index < -0.39 is 0 Å². The molecule has 108 valence electrons. The van der Waals surface area contributed by atoms with E-state index in [-0.39, 0.29) is 5.91 Å². The summed E-state index contributed by atoms with van der Waals surface area (Å²) in [6.45, 7) is 2.62. The summed E-state index contributed by atoms with van der Waals surface area (Å²) < 4.78 is 16.3. The summed E-state index contributed by atoms with van der Waals surface area (Å²) in [6, 6.07) is 5.47. The highest BCUT2D eigenvalue weighted by Crippen LogP contribution is 2.32. The first kappa shape index (κ1) is 13.2. The van der Waals surface area contributed by atoms with Gasteiger partial charge >= 0.3 is 0 Å². The van der Waals surface area contributed by atoms with Gasteiger partial charge < -0.3 is 19.5 Å². The van der Waals surface area contributed by atoms with Gasteiger partial charge in [-0.3, -0.25) is 4.79 Å². The maximum absolute atomic E-state index is 12.0. The fourth-order valence-corrected chi connectivity index (χ4v) is 2.56. The van der Waals surface area contributed by atoms with Crippen molar-refractivity contribution in [1.29, 1.82) is 0 Å². The molecule has 1 saturated heterocycles. The van der Waals surface area contributed by atoms with Crippen molar-refractivity contribution in [1.82, 2.24) is 0 Å². The van der Waals surface area contributed by atoms with E-state index in [4.69, 9.17) is 14.2 Å². The van der Waals surface area contributed by atoms with Crippen LogP contribution in [0.4, 0.5) is 5.69 Å². The van der Waals surface area contributed by atoms with Crippen LogP contribution >= 0.6 is 0 Å². The predicted octanol–water partition coefficient (Wildman–Crippen LogP) is 2.21. The molecule has 1 aromatic carbocycles. The van der Waals surface area contributed by atoms with Gasteiger partial charge in [0, 0.05) is 31.4 Å². The normalized spacial score (nSPS) is 21.3. The Morgan fingerprint density at radius 2 is 2.05 bits per heavy atom. The molecule has 0 spiro atoms. The molecular weight excluding hydrogens is 258 g/mol. The Hall–Kier alpha value is -1.75. The van der Waals surface area contributed by atoms with Crippen LogP contribution in [0.3, 0.4) is 0 Å². The molecular formula is C15H19NO4. The first-order chi connectivity index (χ1) is 9.81. The molecule has 1 unspecified atom stereocenters. The second kappa shape index (κ2) is 6.13. The van der Waals surface area contributed by atoms with Crippen LogP contribution in [0.1, 0.15) is 19.3 Å². The minimum atomic E-state index is 0.0252. The molecule has 3 rings (SSSR count). The predicted molar refractivity (Wildman–Crippen MR) is 74.2 cm³/mol. The van der Waals surface area contributed by atoms with Gasteiger partial charge in [0.2, 0.25) is 5.91 Å². The van der Waals surface area contributed by atoms with Gasteiger partial charge in [0.25, 0.3) is 0 Å². The van der Waals surface area contributed by atoms with Gasteiger partial charge in [-0.1, -0.05) is 0 Å². The van der Waals surface area contributed by atoms with E-state index in [0.29, 0.717) is 37.9 Å². The molecule has 2 heterocycles. The number of nitrogens with one attached hydrogen (secondary N) is 1. The van der Waals surface area contributed by atoms with Crippen molar-refractivity contribution < 1.29 is 19.0 Å². The highest BCUT2D eigenvalue weighted by Gasteiger charge is 2.18. The fraction of sp³-hybridized carbons (Fsp3) is 0.533. The number of benzene rings is 1. The van der Waals surface area contributed by atoms with Crippen LogP contribution < -0.4 is 14.8 Å². The van der Waals surface area contributed by atoms with Gasteiger partial charge in [0.05, 0.1) is 0 Å². The van der Waals surface area contributed by atoms with E-state index in [1.54, 1.807) is 0 Å². The van der Waals surface area contributed by atoms with Crippen molar-refractivity contribution in [3.8, 4) is 11.5 Å². The number of hydrogen-bond donors (Lipinski definition) is 1. The Morgan fingerprint density at radius 1 is 1.20 bits per heavy atom. The zero-order chi connectivity index (χ0) is 13.8.